The standard InChI is InChI=1S/C20H22O4/c1-15-12-24-20(21)19(23-14-17-10-6-3-7-11-17)18(15)22-13-16-8-4-2-5-9-16/h2-11,15,18-19H,12-14H2,1H3/t15-,18+,19-/m1/s1. The van der Waals surface area contributed by atoms with E-state index in [1.165, 1.54) is 0 Å². The summed E-state index contributed by atoms with van der Waals surface area (Å²) in [7, 11) is 0. The number of hydrogen-bond acceptors (Lipinski definition) is 4. The van der Waals surface area contributed by atoms with Gasteiger partial charge in [0.05, 0.1) is 19.8 Å². The van der Waals surface area contributed by atoms with E-state index in [9.17, 15) is 4.79 Å². The second-order valence-corrected chi connectivity index (χ2v) is 6.09. The molecular formula is C20H22O4. The Morgan fingerprint density at radius 3 is 2.04 bits per heavy atom. The summed E-state index contributed by atoms with van der Waals surface area (Å²) in [6.45, 7) is 3.19. The van der Waals surface area contributed by atoms with Crippen LogP contribution in [0.15, 0.2) is 60.7 Å². The molecule has 1 saturated heterocycles. The van der Waals surface area contributed by atoms with Gasteiger partial charge in [-0.25, -0.2) is 4.79 Å². The zero-order valence-electron chi connectivity index (χ0n) is 13.8. The Labute approximate surface area is 142 Å². The lowest BCUT2D eigenvalue weighted by atomic mass is 9.97. The first kappa shape index (κ1) is 16.7. The molecule has 0 aliphatic carbocycles. The predicted octanol–water partition coefficient (Wildman–Crippen LogP) is 3.35. The van der Waals surface area contributed by atoms with Gasteiger partial charge in [-0.3, -0.25) is 0 Å². The van der Waals surface area contributed by atoms with Crippen molar-refractivity contribution in [1.82, 2.24) is 0 Å². The molecule has 0 N–H and O–H groups in total. The monoisotopic (exact) mass is 326 g/mol. The number of carbonyl (C=O) groups is 1. The molecule has 1 aliphatic heterocycles. The maximum atomic E-state index is 12.2. The minimum absolute atomic E-state index is 0.0900. The van der Waals surface area contributed by atoms with Crippen LogP contribution in [-0.2, 0) is 32.2 Å². The fraction of sp³-hybridized carbons (Fsp3) is 0.350. The van der Waals surface area contributed by atoms with E-state index in [0.717, 1.165) is 11.1 Å². The lowest BCUT2D eigenvalue weighted by Crippen LogP contribution is -2.49. The molecule has 2 aromatic rings. The van der Waals surface area contributed by atoms with Gasteiger partial charge < -0.3 is 14.2 Å². The van der Waals surface area contributed by atoms with Crippen LogP contribution in [0.4, 0.5) is 0 Å². The molecule has 1 fully saturated rings. The number of ether oxygens (including phenoxy) is 3. The summed E-state index contributed by atoms with van der Waals surface area (Å²) in [5.74, 6) is -0.255. The summed E-state index contributed by atoms with van der Waals surface area (Å²) < 4.78 is 17.1. The van der Waals surface area contributed by atoms with E-state index in [-0.39, 0.29) is 18.0 Å². The van der Waals surface area contributed by atoms with Crippen molar-refractivity contribution in [1.29, 1.82) is 0 Å². The van der Waals surface area contributed by atoms with Gasteiger partial charge in [0.2, 0.25) is 0 Å². The van der Waals surface area contributed by atoms with Crippen LogP contribution in [0.25, 0.3) is 0 Å². The van der Waals surface area contributed by atoms with Crippen molar-refractivity contribution < 1.29 is 19.0 Å². The van der Waals surface area contributed by atoms with Crippen molar-refractivity contribution in [2.45, 2.75) is 32.3 Å². The highest BCUT2D eigenvalue weighted by molar-refractivity contribution is 5.76. The number of esters is 1. The van der Waals surface area contributed by atoms with Crippen molar-refractivity contribution in [2.75, 3.05) is 6.61 Å². The molecule has 0 amide bonds. The van der Waals surface area contributed by atoms with Crippen LogP contribution < -0.4 is 0 Å². The van der Waals surface area contributed by atoms with Gasteiger partial charge in [-0.05, 0) is 11.1 Å². The average molecular weight is 326 g/mol. The lowest BCUT2D eigenvalue weighted by Gasteiger charge is -2.34. The molecule has 1 heterocycles. The van der Waals surface area contributed by atoms with Crippen LogP contribution in [0.3, 0.4) is 0 Å². The SMILES string of the molecule is C[C@@H]1COC(=O)[C@H](OCc2ccccc2)[C@H]1OCc1ccccc1. The molecule has 1 aliphatic rings. The van der Waals surface area contributed by atoms with Gasteiger partial charge in [-0.2, -0.15) is 0 Å². The largest absolute Gasteiger partial charge is 0.463 e. The summed E-state index contributed by atoms with van der Waals surface area (Å²) in [4.78, 5) is 12.2. The Kier molecular flexibility index (Phi) is 5.62. The highest BCUT2D eigenvalue weighted by Gasteiger charge is 2.40. The van der Waals surface area contributed by atoms with Crippen LogP contribution in [0, 0.1) is 5.92 Å². The summed E-state index contributed by atoms with van der Waals surface area (Å²) in [6, 6.07) is 19.7. The highest BCUT2D eigenvalue weighted by Crippen LogP contribution is 2.24. The first-order valence-electron chi connectivity index (χ1n) is 8.22. The van der Waals surface area contributed by atoms with Gasteiger partial charge in [0.25, 0.3) is 0 Å². The number of benzene rings is 2. The fourth-order valence-electron chi connectivity index (χ4n) is 2.76. The Balaban J connectivity index is 1.64. The second kappa shape index (κ2) is 8.08. The van der Waals surface area contributed by atoms with E-state index in [0.29, 0.717) is 19.8 Å². The molecule has 0 radical (unpaired) electrons. The normalized spacial score (nSPS) is 23.7. The van der Waals surface area contributed by atoms with Crippen LogP contribution in [0.2, 0.25) is 0 Å². The Morgan fingerprint density at radius 1 is 0.917 bits per heavy atom. The van der Waals surface area contributed by atoms with Gasteiger partial charge in [-0.15, -0.1) is 0 Å². The maximum Gasteiger partial charge on any atom is 0.338 e. The number of hydrogen-bond donors (Lipinski definition) is 0. The van der Waals surface area contributed by atoms with Crippen LogP contribution >= 0.6 is 0 Å². The summed E-state index contributed by atoms with van der Waals surface area (Å²) in [5, 5.41) is 0. The van der Waals surface area contributed by atoms with Crippen LogP contribution in [0.1, 0.15) is 18.1 Å². The number of cyclic esters (lactones) is 1. The van der Waals surface area contributed by atoms with Crippen molar-refractivity contribution >= 4 is 5.97 Å². The molecule has 0 bridgehead atoms. The van der Waals surface area contributed by atoms with Gasteiger partial charge in [-0.1, -0.05) is 67.6 Å². The molecule has 24 heavy (non-hydrogen) atoms. The molecule has 0 aromatic heterocycles. The van der Waals surface area contributed by atoms with E-state index >= 15 is 0 Å². The topological polar surface area (TPSA) is 44.8 Å². The molecule has 0 saturated carbocycles. The molecule has 3 rings (SSSR count). The van der Waals surface area contributed by atoms with Gasteiger partial charge in [0.1, 0.15) is 6.10 Å². The molecule has 126 valence electrons. The summed E-state index contributed by atoms with van der Waals surface area (Å²) >= 11 is 0. The zero-order valence-corrected chi connectivity index (χ0v) is 13.8. The second-order valence-electron chi connectivity index (χ2n) is 6.09. The van der Waals surface area contributed by atoms with Crippen LogP contribution in [0.5, 0.6) is 0 Å². The van der Waals surface area contributed by atoms with E-state index in [2.05, 4.69) is 0 Å². The van der Waals surface area contributed by atoms with Gasteiger partial charge in [0.15, 0.2) is 6.10 Å². The molecule has 4 nitrogen and oxygen atoms in total. The van der Waals surface area contributed by atoms with Crippen molar-refractivity contribution in [2.24, 2.45) is 5.92 Å². The highest BCUT2D eigenvalue weighted by atomic mass is 16.6. The molecular weight excluding hydrogens is 304 g/mol. The molecule has 4 heteroatoms. The lowest BCUT2D eigenvalue weighted by molar-refractivity contribution is -0.194. The first-order chi connectivity index (χ1) is 11.7. The van der Waals surface area contributed by atoms with E-state index in [1.807, 2.05) is 67.6 Å². The number of carbonyl (C=O) groups excluding carboxylic acids is 1. The minimum atomic E-state index is -0.697. The van der Waals surface area contributed by atoms with Crippen molar-refractivity contribution in [3.05, 3.63) is 71.8 Å². The average Bonchev–Trinajstić information content (AvgIpc) is 2.63. The molecule has 2 aromatic carbocycles. The van der Waals surface area contributed by atoms with Crippen molar-refractivity contribution in [3.8, 4) is 0 Å². The van der Waals surface area contributed by atoms with E-state index in [4.69, 9.17) is 14.2 Å². The van der Waals surface area contributed by atoms with E-state index in [1.54, 1.807) is 0 Å². The smallest absolute Gasteiger partial charge is 0.338 e. The third-order valence-electron chi connectivity index (χ3n) is 4.14. The number of rotatable bonds is 6. The Morgan fingerprint density at radius 2 is 1.46 bits per heavy atom. The minimum Gasteiger partial charge on any atom is -0.463 e. The maximum absolute atomic E-state index is 12.2. The third-order valence-corrected chi connectivity index (χ3v) is 4.14. The van der Waals surface area contributed by atoms with Gasteiger partial charge in [0, 0.05) is 5.92 Å². The molecule has 0 spiro atoms. The third kappa shape index (κ3) is 4.22. The first-order valence-corrected chi connectivity index (χ1v) is 8.22. The van der Waals surface area contributed by atoms with Crippen molar-refractivity contribution in [3.63, 3.8) is 0 Å². The Bertz CT molecular complexity index is 641. The molecule has 3 atom stereocenters. The zero-order chi connectivity index (χ0) is 16.8. The predicted molar refractivity (Wildman–Crippen MR) is 90.2 cm³/mol. The van der Waals surface area contributed by atoms with Crippen LogP contribution in [-0.4, -0.2) is 24.8 Å². The summed E-state index contributed by atoms with van der Waals surface area (Å²) in [5.41, 5.74) is 2.09. The van der Waals surface area contributed by atoms with E-state index < -0.39 is 6.10 Å². The molecule has 0 unspecified atom stereocenters. The fourth-order valence-corrected chi connectivity index (χ4v) is 2.76. The Hall–Kier alpha value is -2.17. The quantitative estimate of drug-likeness (QED) is 0.764. The van der Waals surface area contributed by atoms with Gasteiger partial charge >= 0.3 is 5.97 Å². The summed E-state index contributed by atoms with van der Waals surface area (Å²) in [6.07, 6.45) is -1.01.